The van der Waals surface area contributed by atoms with Crippen molar-refractivity contribution in [3.8, 4) is 5.75 Å². The van der Waals surface area contributed by atoms with Gasteiger partial charge in [0.1, 0.15) is 23.7 Å². The highest BCUT2D eigenvalue weighted by Gasteiger charge is 2.42. The van der Waals surface area contributed by atoms with Crippen molar-refractivity contribution in [2.75, 3.05) is 7.11 Å². The molecule has 1 aliphatic carbocycles. The molecule has 2 aromatic carbocycles. The maximum Gasteiger partial charge on any atom is 0.340 e. The number of carbonyl (C=O) groups excluding carboxylic acids is 2. The minimum atomic E-state index is -0.732. The van der Waals surface area contributed by atoms with Crippen LogP contribution in [0.2, 0.25) is 0 Å². The highest BCUT2D eigenvalue weighted by Crippen LogP contribution is 2.47. The average Bonchev–Trinajstić information content (AvgIpc) is 2.78. The fourth-order valence-electron chi connectivity index (χ4n) is 4.10. The molecular weight excluding hydrogens is 474 g/mol. The normalized spacial score (nSPS) is 18.2. The number of carbonyl (C=O) groups is 2. The lowest BCUT2D eigenvalue weighted by Gasteiger charge is -2.33. The zero-order valence-corrected chi connectivity index (χ0v) is 19.5. The molecule has 2 aromatic rings. The van der Waals surface area contributed by atoms with Crippen LogP contribution in [-0.2, 0) is 25.7 Å². The van der Waals surface area contributed by atoms with Crippen molar-refractivity contribution in [1.29, 1.82) is 0 Å². The summed E-state index contributed by atoms with van der Waals surface area (Å²) < 4.78 is 17.7. The molecule has 0 aromatic heterocycles. The number of halogens is 1. The van der Waals surface area contributed by atoms with Crippen LogP contribution in [0, 0.1) is 6.92 Å². The van der Waals surface area contributed by atoms with Gasteiger partial charge in [-0.05, 0) is 37.1 Å². The van der Waals surface area contributed by atoms with Crippen LogP contribution in [0.1, 0.15) is 41.9 Å². The molecule has 1 atom stereocenters. The van der Waals surface area contributed by atoms with Crippen molar-refractivity contribution in [3.05, 3.63) is 86.4 Å². The number of allylic oxidation sites excluding steroid dienone is 2. The summed E-state index contributed by atoms with van der Waals surface area (Å²) in [4.78, 5) is 25.7. The van der Waals surface area contributed by atoms with E-state index in [1.54, 1.807) is 0 Å². The molecule has 7 heteroatoms. The molecule has 0 radical (unpaired) electrons. The molecular formula is C25H24BrNO5. The largest absolute Gasteiger partial charge is 0.489 e. The standard InChI is InChI=1S/C25H24BrNO5/c1-14-6-8-15(9-7-14)13-31-19-11-10-16(26)12-17(19)21-22-18(28)4-3-5-20(22)32-24(27)23(21)25(29)30-2/h6-12,21H,3-5,13,27H2,1-2H3/t21-/m0/s1. The van der Waals surface area contributed by atoms with Crippen LogP contribution in [0.3, 0.4) is 0 Å². The highest BCUT2D eigenvalue weighted by atomic mass is 79.9. The quantitative estimate of drug-likeness (QED) is 0.596. The summed E-state index contributed by atoms with van der Waals surface area (Å²) in [6.07, 6.45) is 1.65. The molecule has 4 rings (SSSR count). The van der Waals surface area contributed by atoms with Crippen LogP contribution < -0.4 is 10.5 Å². The molecule has 6 nitrogen and oxygen atoms in total. The van der Waals surface area contributed by atoms with E-state index in [4.69, 9.17) is 19.9 Å². The third-order valence-corrected chi connectivity index (χ3v) is 6.18. The minimum Gasteiger partial charge on any atom is -0.489 e. The van der Waals surface area contributed by atoms with Gasteiger partial charge in [0.25, 0.3) is 0 Å². The van der Waals surface area contributed by atoms with Crippen molar-refractivity contribution in [2.45, 2.75) is 38.7 Å². The van der Waals surface area contributed by atoms with Gasteiger partial charge in [0, 0.05) is 28.5 Å². The van der Waals surface area contributed by atoms with E-state index in [9.17, 15) is 9.59 Å². The van der Waals surface area contributed by atoms with Crippen molar-refractivity contribution >= 4 is 27.7 Å². The second kappa shape index (κ2) is 9.20. The summed E-state index contributed by atoms with van der Waals surface area (Å²) >= 11 is 3.51. The summed E-state index contributed by atoms with van der Waals surface area (Å²) in [6.45, 7) is 2.37. The summed E-state index contributed by atoms with van der Waals surface area (Å²) in [7, 11) is 1.28. The number of nitrogens with two attached hydrogens (primary N) is 1. The number of ketones is 1. The summed E-state index contributed by atoms with van der Waals surface area (Å²) in [6, 6.07) is 13.6. The van der Waals surface area contributed by atoms with Gasteiger partial charge in [-0.2, -0.15) is 0 Å². The van der Waals surface area contributed by atoms with Crippen LogP contribution in [0.25, 0.3) is 0 Å². The number of benzene rings is 2. The zero-order valence-electron chi connectivity index (χ0n) is 17.9. The molecule has 1 aliphatic heterocycles. The Bertz CT molecular complexity index is 1130. The first-order valence-electron chi connectivity index (χ1n) is 10.4. The number of hydrogen-bond acceptors (Lipinski definition) is 6. The Morgan fingerprint density at radius 3 is 2.66 bits per heavy atom. The number of Topliss-reactive ketones (excluding diaryl/α,β-unsaturated/α-hetero) is 1. The molecule has 0 unspecified atom stereocenters. The number of rotatable bonds is 5. The van der Waals surface area contributed by atoms with Gasteiger partial charge in [-0.25, -0.2) is 4.79 Å². The van der Waals surface area contributed by atoms with Crippen molar-refractivity contribution in [3.63, 3.8) is 0 Å². The van der Waals surface area contributed by atoms with E-state index < -0.39 is 11.9 Å². The molecule has 32 heavy (non-hydrogen) atoms. The van der Waals surface area contributed by atoms with Crippen LogP contribution >= 0.6 is 15.9 Å². The van der Waals surface area contributed by atoms with Gasteiger partial charge in [-0.1, -0.05) is 45.8 Å². The Balaban J connectivity index is 1.80. The fourth-order valence-corrected chi connectivity index (χ4v) is 4.48. The number of ether oxygens (including phenoxy) is 3. The van der Waals surface area contributed by atoms with E-state index in [0.717, 1.165) is 10.0 Å². The maximum atomic E-state index is 13.0. The first-order valence-corrected chi connectivity index (χ1v) is 11.2. The first-order chi connectivity index (χ1) is 15.4. The third kappa shape index (κ3) is 4.30. The van der Waals surface area contributed by atoms with E-state index in [1.807, 2.05) is 49.4 Å². The van der Waals surface area contributed by atoms with E-state index in [1.165, 1.54) is 12.7 Å². The molecule has 0 spiro atoms. The zero-order chi connectivity index (χ0) is 22.8. The predicted molar refractivity (Wildman–Crippen MR) is 123 cm³/mol. The predicted octanol–water partition coefficient (Wildman–Crippen LogP) is 4.80. The van der Waals surface area contributed by atoms with E-state index >= 15 is 0 Å². The second-order valence-corrected chi connectivity index (χ2v) is 8.79. The number of hydrogen-bond donors (Lipinski definition) is 1. The molecule has 0 saturated carbocycles. The highest BCUT2D eigenvalue weighted by molar-refractivity contribution is 9.10. The Kier molecular flexibility index (Phi) is 6.37. The Labute approximate surface area is 195 Å². The fraction of sp³-hybridized carbons (Fsp3) is 0.280. The molecule has 2 N–H and O–H groups in total. The first kappa shape index (κ1) is 22.1. The van der Waals surface area contributed by atoms with Crippen LogP contribution in [0.5, 0.6) is 5.75 Å². The lowest BCUT2D eigenvalue weighted by Crippen LogP contribution is -2.31. The molecule has 0 bridgehead atoms. The Morgan fingerprint density at radius 1 is 1.19 bits per heavy atom. The van der Waals surface area contributed by atoms with Gasteiger partial charge >= 0.3 is 5.97 Å². The van der Waals surface area contributed by atoms with E-state index in [2.05, 4.69) is 15.9 Å². The summed E-state index contributed by atoms with van der Waals surface area (Å²) in [5, 5.41) is 0. The van der Waals surface area contributed by atoms with Crippen molar-refractivity contribution in [1.82, 2.24) is 0 Å². The number of esters is 1. The summed E-state index contributed by atoms with van der Waals surface area (Å²) in [5.41, 5.74) is 9.55. The van der Waals surface area contributed by atoms with Crippen LogP contribution in [-0.4, -0.2) is 18.9 Å². The van der Waals surface area contributed by atoms with Crippen LogP contribution in [0.15, 0.2) is 69.7 Å². The van der Waals surface area contributed by atoms with Gasteiger partial charge in [-0.3, -0.25) is 4.79 Å². The van der Waals surface area contributed by atoms with Gasteiger partial charge < -0.3 is 19.9 Å². The molecule has 0 saturated heterocycles. The summed E-state index contributed by atoms with van der Waals surface area (Å²) in [5.74, 6) is -0.401. The molecule has 0 fully saturated rings. The number of aryl methyl sites for hydroxylation is 1. The molecule has 0 amide bonds. The van der Waals surface area contributed by atoms with Crippen molar-refractivity contribution in [2.24, 2.45) is 5.73 Å². The minimum absolute atomic E-state index is 0.0419. The molecule has 2 aliphatic rings. The maximum absolute atomic E-state index is 13.0. The van der Waals surface area contributed by atoms with Crippen LogP contribution in [0.4, 0.5) is 0 Å². The average molecular weight is 498 g/mol. The lowest BCUT2D eigenvalue weighted by molar-refractivity contribution is -0.136. The van der Waals surface area contributed by atoms with Gasteiger partial charge in [-0.15, -0.1) is 0 Å². The van der Waals surface area contributed by atoms with E-state index in [0.29, 0.717) is 48.5 Å². The smallest absolute Gasteiger partial charge is 0.340 e. The third-order valence-electron chi connectivity index (χ3n) is 5.69. The van der Waals surface area contributed by atoms with E-state index in [-0.39, 0.29) is 17.2 Å². The lowest BCUT2D eigenvalue weighted by atomic mass is 9.77. The topological polar surface area (TPSA) is 87.9 Å². The molecule has 166 valence electrons. The number of methoxy groups -OCH3 is 1. The monoisotopic (exact) mass is 497 g/mol. The van der Waals surface area contributed by atoms with Crippen molar-refractivity contribution < 1.29 is 23.8 Å². The SMILES string of the molecule is COC(=O)C1=C(N)OC2=C(C(=O)CCC2)[C@@H]1c1cc(Br)ccc1OCc1ccc(C)cc1. The van der Waals surface area contributed by atoms with Gasteiger partial charge in [0.05, 0.1) is 13.0 Å². The molecule has 1 heterocycles. The second-order valence-electron chi connectivity index (χ2n) is 7.87. The Hall–Kier alpha value is -3.06. The van der Waals surface area contributed by atoms with Gasteiger partial charge in [0.15, 0.2) is 5.78 Å². The Morgan fingerprint density at radius 2 is 1.94 bits per heavy atom. The van der Waals surface area contributed by atoms with Gasteiger partial charge in [0.2, 0.25) is 5.88 Å².